The highest BCUT2D eigenvalue weighted by Crippen LogP contribution is 2.56. The lowest BCUT2D eigenvalue weighted by atomic mass is 9.72. The van der Waals surface area contributed by atoms with Gasteiger partial charge in [0.25, 0.3) is 5.91 Å². The van der Waals surface area contributed by atoms with Crippen molar-refractivity contribution in [3.05, 3.63) is 58.6 Å². The zero-order valence-electron chi connectivity index (χ0n) is 17.4. The molecule has 3 unspecified atom stereocenters. The van der Waals surface area contributed by atoms with Crippen LogP contribution in [-0.2, 0) is 14.6 Å². The molecule has 0 radical (unpaired) electrons. The highest BCUT2D eigenvalue weighted by Gasteiger charge is 2.62. The van der Waals surface area contributed by atoms with Crippen LogP contribution in [0.15, 0.2) is 41.3 Å². The van der Waals surface area contributed by atoms with Gasteiger partial charge in [0.2, 0.25) is 0 Å². The van der Waals surface area contributed by atoms with Crippen LogP contribution in [0.4, 0.5) is 14.5 Å². The summed E-state index contributed by atoms with van der Waals surface area (Å²) >= 11 is 6.24. The summed E-state index contributed by atoms with van der Waals surface area (Å²) in [4.78, 5) is 12.5. The average molecular weight is 498 g/mol. The number of rotatable bonds is 5. The number of aliphatic hydroxyl groups is 1. The molecule has 2 saturated carbocycles. The Morgan fingerprint density at radius 3 is 2.36 bits per heavy atom. The fraction of sp³-hybridized carbons (Fsp3) is 0.435. The van der Waals surface area contributed by atoms with Crippen molar-refractivity contribution in [2.24, 2.45) is 11.8 Å². The fourth-order valence-corrected chi connectivity index (χ4v) is 7.86. The Hall–Kier alpha value is -2.07. The van der Waals surface area contributed by atoms with E-state index in [1.165, 1.54) is 24.3 Å². The lowest BCUT2D eigenvalue weighted by Gasteiger charge is -2.41. The van der Waals surface area contributed by atoms with Gasteiger partial charge in [0, 0.05) is 17.3 Å². The number of ether oxygens (including phenoxy) is 1. The van der Waals surface area contributed by atoms with Crippen molar-refractivity contribution in [1.82, 2.24) is 0 Å². The summed E-state index contributed by atoms with van der Waals surface area (Å²) in [5.74, 6) is -3.17. The van der Waals surface area contributed by atoms with E-state index >= 15 is 0 Å². The Balaban J connectivity index is 1.39. The molecule has 3 fully saturated rings. The molecule has 176 valence electrons. The van der Waals surface area contributed by atoms with Crippen LogP contribution in [0.3, 0.4) is 0 Å². The summed E-state index contributed by atoms with van der Waals surface area (Å²) in [6, 6.07) is 6.83. The van der Waals surface area contributed by atoms with Crippen LogP contribution >= 0.6 is 11.6 Å². The first-order chi connectivity index (χ1) is 15.6. The predicted octanol–water partition coefficient (Wildman–Crippen LogP) is 3.96. The number of halogens is 3. The molecule has 5 rings (SSSR count). The summed E-state index contributed by atoms with van der Waals surface area (Å²) in [6.07, 6.45) is 1.88. The minimum absolute atomic E-state index is 0.00177. The first-order valence-corrected chi connectivity index (χ1v) is 12.7. The molecule has 1 aliphatic heterocycles. The SMILES string of the molecule is O=C(Nc1ccc(F)c(F)c1)c1ccc(Cl)c(S(=O)(=O)C2CC3CCC(C2)C3(O)C2CO2)c1. The molecule has 1 amide bonds. The molecule has 3 aliphatic rings. The van der Waals surface area contributed by atoms with Crippen LogP contribution in [0.25, 0.3) is 0 Å². The van der Waals surface area contributed by atoms with Crippen LogP contribution in [0, 0.1) is 23.5 Å². The zero-order valence-corrected chi connectivity index (χ0v) is 19.0. The van der Waals surface area contributed by atoms with Crippen LogP contribution in [0.5, 0.6) is 0 Å². The van der Waals surface area contributed by atoms with Crippen LogP contribution in [0.1, 0.15) is 36.0 Å². The fourth-order valence-electron chi connectivity index (χ4n) is 5.46. The first kappa shape index (κ1) is 22.7. The Morgan fingerprint density at radius 1 is 1.09 bits per heavy atom. The smallest absolute Gasteiger partial charge is 0.255 e. The highest BCUT2D eigenvalue weighted by molar-refractivity contribution is 7.92. The van der Waals surface area contributed by atoms with Crippen molar-refractivity contribution in [3.63, 3.8) is 0 Å². The summed E-state index contributed by atoms with van der Waals surface area (Å²) in [5.41, 5.74) is -0.921. The average Bonchev–Trinajstić information content (AvgIpc) is 3.60. The minimum atomic E-state index is -3.89. The number of amides is 1. The van der Waals surface area contributed by atoms with Gasteiger partial charge in [-0.15, -0.1) is 0 Å². The van der Waals surface area contributed by atoms with Gasteiger partial charge < -0.3 is 15.2 Å². The number of sulfone groups is 1. The molecule has 1 heterocycles. The third-order valence-electron chi connectivity index (χ3n) is 7.23. The van der Waals surface area contributed by atoms with Gasteiger partial charge in [0.05, 0.1) is 27.4 Å². The molecule has 10 heteroatoms. The molecule has 6 nitrogen and oxygen atoms in total. The molecule has 2 aromatic rings. The van der Waals surface area contributed by atoms with E-state index in [2.05, 4.69) is 5.32 Å². The number of nitrogens with one attached hydrogen (secondary N) is 1. The molecule has 0 aromatic heterocycles. The van der Waals surface area contributed by atoms with Crippen molar-refractivity contribution in [3.8, 4) is 0 Å². The van der Waals surface area contributed by atoms with Gasteiger partial charge in [-0.1, -0.05) is 11.6 Å². The van der Waals surface area contributed by atoms with E-state index in [1.807, 2.05) is 0 Å². The van der Waals surface area contributed by atoms with Gasteiger partial charge in [-0.3, -0.25) is 4.79 Å². The lowest BCUT2D eigenvalue weighted by Crippen LogP contribution is -2.51. The van der Waals surface area contributed by atoms with E-state index in [1.54, 1.807) is 0 Å². The largest absolute Gasteiger partial charge is 0.387 e. The summed E-state index contributed by atoms with van der Waals surface area (Å²) in [5, 5.41) is 12.9. The van der Waals surface area contributed by atoms with Gasteiger partial charge in [0.1, 0.15) is 6.10 Å². The van der Waals surface area contributed by atoms with Gasteiger partial charge in [0.15, 0.2) is 21.5 Å². The van der Waals surface area contributed by atoms with Crippen LogP contribution in [0.2, 0.25) is 5.02 Å². The molecular weight excluding hydrogens is 476 g/mol. The topological polar surface area (TPSA) is 96.0 Å². The zero-order chi connectivity index (χ0) is 23.5. The van der Waals surface area contributed by atoms with Crippen molar-refractivity contribution in [2.45, 2.75) is 47.5 Å². The van der Waals surface area contributed by atoms with Gasteiger partial charge in [-0.2, -0.15) is 0 Å². The van der Waals surface area contributed by atoms with Crippen LogP contribution in [-0.4, -0.2) is 43.0 Å². The Labute approximate surface area is 194 Å². The van der Waals surface area contributed by atoms with E-state index in [9.17, 15) is 27.1 Å². The molecule has 0 spiro atoms. The molecule has 2 N–H and O–H groups in total. The van der Waals surface area contributed by atoms with Gasteiger partial charge in [-0.25, -0.2) is 17.2 Å². The molecule has 3 atom stereocenters. The highest BCUT2D eigenvalue weighted by atomic mass is 35.5. The maximum absolute atomic E-state index is 13.5. The molecule has 1 saturated heterocycles. The van der Waals surface area contributed by atoms with Crippen molar-refractivity contribution in [1.29, 1.82) is 0 Å². The number of anilines is 1. The summed E-state index contributed by atoms with van der Waals surface area (Å²) < 4.78 is 59.0. The molecular formula is C23H22ClF2NO5S. The monoisotopic (exact) mass is 497 g/mol. The number of benzene rings is 2. The Morgan fingerprint density at radius 2 is 1.76 bits per heavy atom. The van der Waals surface area contributed by atoms with Gasteiger partial charge in [-0.05, 0) is 67.9 Å². The van der Waals surface area contributed by atoms with Gasteiger partial charge >= 0.3 is 0 Å². The molecule has 2 bridgehead atoms. The second-order valence-electron chi connectivity index (χ2n) is 9.05. The molecule has 2 aromatic carbocycles. The number of hydrogen-bond donors (Lipinski definition) is 2. The number of carbonyl (C=O) groups excluding carboxylic acids is 1. The molecule has 2 aliphatic carbocycles. The Bertz CT molecular complexity index is 1220. The van der Waals surface area contributed by atoms with Crippen molar-refractivity contribution < 1.29 is 31.8 Å². The van der Waals surface area contributed by atoms with Crippen molar-refractivity contribution >= 4 is 33.0 Å². The number of fused-ring (bicyclic) bond motifs is 2. The van der Waals surface area contributed by atoms with Crippen molar-refractivity contribution in [2.75, 3.05) is 11.9 Å². The van der Waals surface area contributed by atoms with E-state index in [0.717, 1.165) is 25.0 Å². The van der Waals surface area contributed by atoms with E-state index in [0.29, 0.717) is 19.4 Å². The minimum Gasteiger partial charge on any atom is -0.387 e. The predicted molar refractivity (Wildman–Crippen MR) is 117 cm³/mol. The van der Waals surface area contributed by atoms with Crippen LogP contribution < -0.4 is 5.32 Å². The van der Waals surface area contributed by atoms with E-state index < -0.39 is 38.2 Å². The quantitative estimate of drug-likeness (QED) is 0.609. The first-order valence-electron chi connectivity index (χ1n) is 10.7. The third kappa shape index (κ3) is 3.84. The summed E-state index contributed by atoms with van der Waals surface area (Å²) in [6.45, 7) is 0.502. The second kappa shape index (κ2) is 8.01. The van der Waals surface area contributed by atoms with E-state index in [4.69, 9.17) is 16.3 Å². The number of hydrogen-bond acceptors (Lipinski definition) is 5. The number of epoxide rings is 1. The lowest BCUT2D eigenvalue weighted by molar-refractivity contribution is -0.0779. The maximum Gasteiger partial charge on any atom is 0.255 e. The Kier molecular flexibility index (Phi) is 5.51. The molecule has 33 heavy (non-hydrogen) atoms. The third-order valence-corrected chi connectivity index (χ3v) is 9.89. The number of carbonyl (C=O) groups is 1. The maximum atomic E-state index is 13.5. The second-order valence-corrected chi connectivity index (χ2v) is 11.7. The normalized spacial score (nSPS) is 30.8. The standard InChI is InChI=1S/C23H22ClF2NO5S/c24-17-5-1-12(22(28)27-15-4-6-18(25)19(26)10-15)7-20(17)33(30,31)16-8-13-2-3-14(9-16)23(13,29)21-11-32-21/h1,4-7,10,13-14,16,21,29H,2-3,8-9,11H2,(H,27,28). The van der Waals surface area contributed by atoms with E-state index in [-0.39, 0.29) is 39.1 Å². The summed E-state index contributed by atoms with van der Waals surface area (Å²) in [7, 11) is -3.89.